The predicted octanol–water partition coefficient (Wildman–Crippen LogP) is 2.11. The number of nitrogens with zero attached hydrogens (tertiary/aromatic N) is 1. The van der Waals surface area contributed by atoms with Crippen LogP contribution in [0.1, 0.15) is 35.3 Å². The van der Waals surface area contributed by atoms with E-state index in [1.807, 2.05) is 45.9 Å². The van der Waals surface area contributed by atoms with Crippen molar-refractivity contribution in [3.63, 3.8) is 0 Å². The zero-order chi connectivity index (χ0) is 13.2. The number of likely N-dealkylation sites (N-methyl/N-ethyl adjacent to an activating group) is 1. The van der Waals surface area contributed by atoms with Gasteiger partial charge in [0.25, 0.3) is 5.91 Å². The van der Waals surface area contributed by atoms with Crippen LogP contribution in [0, 0.1) is 13.8 Å². The van der Waals surface area contributed by atoms with E-state index in [9.17, 15) is 4.79 Å². The number of hydrogen-bond donors (Lipinski definition) is 1. The van der Waals surface area contributed by atoms with Crippen molar-refractivity contribution < 1.29 is 4.79 Å². The first-order valence-electron chi connectivity index (χ1n) is 5.85. The molecule has 0 fully saturated rings. The summed E-state index contributed by atoms with van der Waals surface area (Å²) >= 11 is 0. The average molecular weight is 234 g/mol. The first kappa shape index (κ1) is 13.7. The third-order valence-corrected chi connectivity index (χ3v) is 3.47. The van der Waals surface area contributed by atoms with Crippen LogP contribution in [-0.4, -0.2) is 29.9 Å². The van der Waals surface area contributed by atoms with E-state index in [1.54, 1.807) is 11.9 Å². The fraction of sp³-hybridized carbons (Fsp3) is 0.500. The summed E-state index contributed by atoms with van der Waals surface area (Å²) in [5.74, 6) is 0.0172. The van der Waals surface area contributed by atoms with Gasteiger partial charge in [-0.25, -0.2) is 0 Å². The molecule has 0 bridgehead atoms. The van der Waals surface area contributed by atoms with Gasteiger partial charge in [-0.15, -0.1) is 0 Å². The van der Waals surface area contributed by atoms with E-state index < -0.39 is 0 Å². The Balaban J connectivity index is 3.01. The number of hydrogen-bond acceptors (Lipinski definition) is 2. The molecule has 0 aliphatic heterocycles. The first-order chi connectivity index (χ1) is 7.79. The highest BCUT2D eigenvalue weighted by atomic mass is 16.2. The molecule has 0 spiro atoms. The lowest BCUT2D eigenvalue weighted by Gasteiger charge is -2.34. The van der Waals surface area contributed by atoms with E-state index in [-0.39, 0.29) is 11.4 Å². The number of aryl methyl sites for hydroxylation is 2. The third kappa shape index (κ3) is 2.86. The molecule has 1 aromatic rings. The molecule has 94 valence electrons. The number of nitrogens with two attached hydrogens (primary N) is 1. The van der Waals surface area contributed by atoms with Crippen molar-refractivity contribution in [3.8, 4) is 0 Å². The lowest BCUT2D eigenvalue weighted by atomic mass is 10.0. The second-order valence-corrected chi connectivity index (χ2v) is 5.18. The Morgan fingerprint density at radius 2 is 1.88 bits per heavy atom. The molecule has 0 saturated carbocycles. The predicted molar refractivity (Wildman–Crippen MR) is 71.1 cm³/mol. The van der Waals surface area contributed by atoms with Crippen molar-refractivity contribution >= 4 is 5.91 Å². The fourth-order valence-electron chi connectivity index (χ4n) is 1.48. The van der Waals surface area contributed by atoms with E-state index in [2.05, 4.69) is 0 Å². The molecule has 1 amide bonds. The van der Waals surface area contributed by atoms with Crippen LogP contribution in [0.25, 0.3) is 0 Å². The Labute approximate surface area is 104 Å². The summed E-state index contributed by atoms with van der Waals surface area (Å²) in [6.45, 7) is 8.43. The minimum Gasteiger partial charge on any atom is -0.335 e. The van der Waals surface area contributed by atoms with Gasteiger partial charge < -0.3 is 10.6 Å². The zero-order valence-electron chi connectivity index (χ0n) is 11.4. The summed E-state index contributed by atoms with van der Waals surface area (Å²) in [6, 6.07) is 5.78. The summed E-state index contributed by atoms with van der Waals surface area (Å²) in [5.41, 5.74) is 8.41. The van der Waals surface area contributed by atoms with Crippen LogP contribution in [0.4, 0.5) is 0 Å². The Bertz CT molecular complexity index is 424. The lowest BCUT2D eigenvalue weighted by Crippen LogP contribution is -2.50. The van der Waals surface area contributed by atoms with Gasteiger partial charge in [-0.05, 0) is 51.0 Å². The van der Waals surface area contributed by atoms with E-state index in [0.717, 1.165) is 11.1 Å². The van der Waals surface area contributed by atoms with Gasteiger partial charge in [0.05, 0.1) is 0 Å². The van der Waals surface area contributed by atoms with Gasteiger partial charge in [-0.3, -0.25) is 4.79 Å². The average Bonchev–Trinajstić information content (AvgIpc) is 2.30. The SMILES string of the molecule is Cc1ccc(C(=O)N(C)C(C)(C)CN)cc1C. The van der Waals surface area contributed by atoms with E-state index in [0.29, 0.717) is 6.54 Å². The molecule has 0 heterocycles. The van der Waals surface area contributed by atoms with Gasteiger partial charge in [0, 0.05) is 24.7 Å². The molecule has 3 nitrogen and oxygen atoms in total. The van der Waals surface area contributed by atoms with Gasteiger partial charge in [-0.1, -0.05) is 6.07 Å². The second kappa shape index (κ2) is 4.88. The van der Waals surface area contributed by atoms with Crippen LogP contribution >= 0.6 is 0 Å². The maximum absolute atomic E-state index is 12.3. The number of carbonyl (C=O) groups is 1. The van der Waals surface area contributed by atoms with Crippen LogP contribution in [0.2, 0.25) is 0 Å². The van der Waals surface area contributed by atoms with Crippen molar-refractivity contribution in [2.24, 2.45) is 5.73 Å². The molecule has 17 heavy (non-hydrogen) atoms. The van der Waals surface area contributed by atoms with Gasteiger partial charge in [0.1, 0.15) is 0 Å². The van der Waals surface area contributed by atoms with Gasteiger partial charge in [0.15, 0.2) is 0 Å². The molecule has 0 aliphatic carbocycles. The third-order valence-electron chi connectivity index (χ3n) is 3.47. The number of rotatable bonds is 3. The van der Waals surface area contributed by atoms with Gasteiger partial charge in [0.2, 0.25) is 0 Å². The molecular formula is C14H22N2O. The summed E-state index contributed by atoms with van der Waals surface area (Å²) in [7, 11) is 1.80. The first-order valence-corrected chi connectivity index (χ1v) is 5.85. The lowest BCUT2D eigenvalue weighted by molar-refractivity contribution is 0.0640. The smallest absolute Gasteiger partial charge is 0.254 e. The second-order valence-electron chi connectivity index (χ2n) is 5.18. The molecule has 0 radical (unpaired) electrons. The van der Waals surface area contributed by atoms with Gasteiger partial charge in [-0.2, -0.15) is 0 Å². The van der Waals surface area contributed by atoms with E-state index in [1.165, 1.54) is 5.56 Å². The van der Waals surface area contributed by atoms with Crippen molar-refractivity contribution in [1.29, 1.82) is 0 Å². The summed E-state index contributed by atoms with van der Waals surface area (Å²) in [6.07, 6.45) is 0. The molecular weight excluding hydrogens is 212 g/mol. The summed E-state index contributed by atoms with van der Waals surface area (Å²) in [5, 5.41) is 0. The number of carbonyl (C=O) groups excluding carboxylic acids is 1. The monoisotopic (exact) mass is 234 g/mol. The highest BCUT2D eigenvalue weighted by Gasteiger charge is 2.26. The standard InChI is InChI=1S/C14H22N2O/c1-10-6-7-12(8-11(10)2)13(17)16(5)14(3,4)9-15/h6-8H,9,15H2,1-5H3. The maximum Gasteiger partial charge on any atom is 0.254 e. The minimum absolute atomic E-state index is 0.0172. The highest BCUT2D eigenvalue weighted by Crippen LogP contribution is 2.16. The molecule has 1 aromatic carbocycles. The van der Waals surface area contributed by atoms with Crippen molar-refractivity contribution in [2.75, 3.05) is 13.6 Å². The molecule has 0 saturated heterocycles. The zero-order valence-corrected chi connectivity index (χ0v) is 11.4. The maximum atomic E-state index is 12.3. The molecule has 0 aromatic heterocycles. The Kier molecular flexibility index (Phi) is 3.94. The molecule has 0 unspecified atom stereocenters. The van der Waals surface area contributed by atoms with Crippen LogP contribution in [0.3, 0.4) is 0 Å². The molecule has 0 atom stereocenters. The summed E-state index contributed by atoms with van der Waals surface area (Å²) in [4.78, 5) is 14.0. The van der Waals surface area contributed by atoms with Gasteiger partial charge >= 0.3 is 0 Å². The van der Waals surface area contributed by atoms with Crippen LogP contribution < -0.4 is 5.73 Å². The summed E-state index contributed by atoms with van der Waals surface area (Å²) < 4.78 is 0. The Morgan fingerprint density at radius 3 is 2.35 bits per heavy atom. The fourth-order valence-corrected chi connectivity index (χ4v) is 1.48. The largest absolute Gasteiger partial charge is 0.335 e. The molecule has 3 heteroatoms. The minimum atomic E-state index is -0.324. The highest BCUT2D eigenvalue weighted by molar-refractivity contribution is 5.94. The van der Waals surface area contributed by atoms with Crippen LogP contribution in [-0.2, 0) is 0 Å². The van der Waals surface area contributed by atoms with Crippen LogP contribution in [0.5, 0.6) is 0 Å². The number of benzene rings is 1. The topological polar surface area (TPSA) is 46.3 Å². The van der Waals surface area contributed by atoms with Crippen LogP contribution in [0.15, 0.2) is 18.2 Å². The van der Waals surface area contributed by atoms with Crippen molar-refractivity contribution in [2.45, 2.75) is 33.2 Å². The van der Waals surface area contributed by atoms with Crippen molar-refractivity contribution in [1.82, 2.24) is 4.90 Å². The molecule has 1 rings (SSSR count). The van der Waals surface area contributed by atoms with E-state index >= 15 is 0 Å². The number of amides is 1. The normalized spacial score (nSPS) is 11.4. The Hall–Kier alpha value is -1.35. The molecule has 2 N–H and O–H groups in total. The quantitative estimate of drug-likeness (QED) is 0.870. The molecule has 0 aliphatic rings. The van der Waals surface area contributed by atoms with E-state index in [4.69, 9.17) is 5.73 Å². The Morgan fingerprint density at radius 1 is 1.29 bits per heavy atom. The van der Waals surface area contributed by atoms with Crippen molar-refractivity contribution in [3.05, 3.63) is 34.9 Å².